The Balaban J connectivity index is 2.34. The molecule has 0 aliphatic rings. The van der Waals surface area contributed by atoms with E-state index < -0.39 is 38.4 Å². The van der Waals surface area contributed by atoms with Crippen LogP contribution in [0.1, 0.15) is 17.8 Å². The third kappa shape index (κ3) is 2.87. The Kier molecular flexibility index (Phi) is 4.17. The highest BCUT2D eigenvalue weighted by molar-refractivity contribution is 7.89. The van der Waals surface area contributed by atoms with Crippen molar-refractivity contribution < 1.29 is 21.6 Å². The second kappa shape index (κ2) is 5.55. The molecule has 3 nitrogen and oxygen atoms in total. The van der Waals surface area contributed by atoms with Crippen LogP contribution in [0.15, 0.2) is 34.5 Å². The molecule has 0 amide bonds. The third-order valence-corrected chi connectivity index (χ3v) is 5.20. The predicted octanol–water partition coefficient (Wildman–Crippen LogP) is 3.20. The summed E-state index contributed by atoms with van der Waals surface area (Å²) in [6.45, 7) is 1.57. The van der Waals surface area contributed by atoms with E-state index in [0.29, 0.717) is 12.1 Å². The third-order valence-electron chi connectivity index (χ3n) is 2.59. The van der Waals surface area contributed by atoms with Gasteiger partial charge in [-0.1, -0.05) is 6.07 Å². The molecule has 2 rings (SSSR count). The van der Waals surface area contributed by atoms with Crippen molar-refractivity contribution in [2.24, 2.45) is 0 Å². The second-order valence-corrected chi connectivity index (χ2v) is 6.69. The lowest BCUT2D eigenvalue weighted by atomic mass is 10.3. The Morgan fingerprint density at radius 1 is 1.15 bits per heavy atom. The largest absolute Gasteiger partial charge is 0.244 e. The van der Waals surface area contributed by atoms with Gasteiger partial charge < -0.3 is 0 Å². The molecule has 8 heteroatoms. The molecule has 1 aromatic carbocycles. The minimum absolute atomic E-state index is 0.572. The van der Waals surface area contributed by atoms with Crippen LogP contribution in [0.2, 0.25) is 0 Å². The minimum atomic E-state index is -4.28. The highest BCUT2D eigenvalue weighted by atomic mass is 32.2. The summed E-state index contributed by atoms with van der Waals surface area (Å²) in [6, 6.07) is 4.11. The van der Waals surface area contributed by atoms with Gasteiger partial charge in [0.15, 0.2) is 17.5 Å². The van der Waals surface area contributed by atoms with Crippen molar-refractivity contribution in [2.75, 3.05) is 0 Å². The first-order valence-corrected chi connectivity index (χ1v) is 7.88. The summed E-state index contributed by atoms with van der Waals surface area (Å²) in [5.74, 6) is -4.97. The molecule has 0 unspecified atom stereocenters. The van der Waals surface area contributed by atoms with Crippen LogP contribution in [0.5, 0.6) is 0 Å². The van der Waals surface area contributed by atoms with Crippen LogP contribution in [-0.4, -0.2) is 8.42 Å². The molecule has 1 heterocycles. The summed E-state index contributed by atoms with van der Waals surface area (Å²) in [6.07, 6.45) is 0. The zero-order valence-corrected chi connectivity index (χ0v) is 11.9. The molecule has 0 aliphatic heterocycles. The molecule has 0 aliphatic carbocycles. The standard InChI is InChI=1S/C12H10F3NO2S2/c1-7(9-3-2-6-19-9)16-20(17,18)10-5-4-8(13)11(14)12(10)15/h2-7,16H,1H3/t7-/m1/s1. The molecule has 108 valence electrons. The molecule has 1 atom stereocenters. The van der Waals surface area contributed by atoms with Crippen molar-refractivity contribution >= 4 is 21.4 Å². The van der Waals surface area contributed by atoms with E-state index in [2.05, 4.69) is 4.72 Å². The summed E-state index contributed by atoms with van der Waals surface area (Å²) in [5, 5.41) is 1.76. The Morgan fingerprint density at radius 2 is 1.85 bits per heavy atom. The van der Waals surface area contributed by atoms with Gasteiger partial charge in [0.2, 0.25) is 10.0 Å². The van der Waals surface area contributed by atoms with E-state index in [1.807, 2.05) is 0 Å². The average Bonchev–Trinajstić information content (AvgIpc) is 2.89. The smallest absolute Gasteiger partial charge is 0.207 e. The number of thiophene rings is 1. The zero-order valence-electron chi connectivity index (χ0n) is 10.2. The summed E-state index contributed by atoms with van der Waals surface area (Å²) in [5.41, 5.74) is 0. The van der Waals surface area contributed by atoms with Gasteiger partial charge in [0.1, 0.15) is 4.90 Å². The maximum absolute atomic E-state index is 13.5. The van der Waals surface area contributed by atoms with Gasteiger partial charge >= 0.3 is 0 Å². The van der Waals surface area contributed by atoms with Gasteiger partial charge in [0.25, 0.3) is 0 Å². The number of nitrogens with one attached hydrogen (secondary N) is 1. The van der Waals surface area contributed by atoms with E-state index in [9.17, 15) is 21.6 Å². The molecular formula is C12H10F3NO2S2. The van der Waals surface area contributed by atoms with Crippen LogP contribution in [0.25, 0.3) is 0 Å². The Labute approximate surface area is 118 Å². The first-order valence-electron chi connectivity index (χ1n) is 5.52. The molecule has 2 aromatic rings. The quantitative estimate of drug-likeness (QED) is 0.879. The summed E-state index contributed by atoms with van der Waals surface area (Å²) in [4.78, 5) is -0.198. The number of hydrogen-bond donors (Lipinski definition) is 1. The average molecular weight is 321 g/mol. The van der Waals surface area contributed by atoms with E-state index in [4.69, 9.17) is 0 Å². The van der Waals surface area contributed by atoms with Gasteiger partial charge in [-0.2, -0.15) is 0 Å². The highest BCUT2D eigenvalue weighted by Gasteiger charge is 2.26. The number of sulfonamides is 1. The fraction of sp³-hybridized carbons (Fsp3) is 0.167. The minimum Gasteiger partial charge on any atom is -0.207 e. The van der Waals surface area contributed by atoms with E-state index in [1.54, 1.807) is 24.4 Å². The summed E-state index contributed by atoms with van der Waals surface area (Å²) >= 11 is 1.32. The van der Waals surface area contributed by atoms with Gasteiger partial charge in [-0.05, 0) is 30.5 Å². The van der Waals surface area contributed by atoms with E-state index in [1.165, 1.54) is 11.3 Å². The van der Waals surface area contributed by atoms with Crippen molar-refractivity contribution in [3.05, 3.63) is 52.0 Å². The van der Waals surface area contributed by atoms with E-state index in [0.717, 1.165) is 4.88 Å². The Hall–Kier alpha value is -1.38. The number of halogens is 3. The van der Waals surface area contributed by atoms with Crippen LogP contribution < -0.4 is 4.72 Å². The Morgan fingerprint density at radius 3 is 2.45 bits per heavy atom. The van der Waals surface area contributed by atoms with Crippen molar-refractivity contribution in [1.29, 1.82) is 0 Å². The molecule has 0 fully saturated rings. The molecule has 0 bridgehead atoms. The molecule has 0 radical (unpaired) electrons. The van der Waals surface area contributed by atoms with Gasteiger partial charge in [-0.25, -0.2) is 26.3 Å². The molecule has 0 spiro atoms. The van der Waals surface area contributed by atoms with Crippen molar-refractivity contribution in [3.8, 4) is 0 Å². The lowest BCUT2D eigenvalue weighted by molar-refractivity contribution is 0.431. The summed E-state index contributed by atoms with van der Waals surface area (Å²) in [7, 11) is -4.28. The predicted molar refractivity (Wildman–Crippen MR) is 69.4 cm³/mol. The van der Waals surface area contributed by atoms with Crippen molar-refractivity contribution in [2.45, 2.75) is 17.9 Å². The molecule has 1 N–H and O–H groups in total. The monoisotopic (exact) mass is 321 g/mol. The maximum Gasteiger partial charge on any atom is 0.244 e. The fourth-order valence-corrected chi connectivity index (χ4v) is 3.71. The van der Waals surface area contributed by atoms with Gasteiger partial charge in [0, 0.05) is 4.88 Å². The molecule has 0 saturated carbocycles. The van der Waals surface area contributed by atoms with Crippen molar-refractivity contribution in [1.82, 2.24) is 4.72 Å². The van der Waals surface area contributed by atoms with Gasteiger partial charge in [0.05, 0.1) is 6.04 Å². The lowest BCUT2D eigenvalue weighted by Gasteiger charge is -2.13. The first kappa shape index (κ1) is 15.0. The molecule has 0 saturated heterocycles. The SMILES string of the molecule is C[C@@H](NS(=O)(=O)c1ccc(F)c(F)c1F)c1cccs1. The second-order valence-electron chi connectivity index (χ2n) is 4.03. The van der Waals surface area contributed by atoms with Crippen LogP contribution in [0.3, 0.4) is 0 Å². The van der Waals surface area contributed by atoms with E-state index >= 15 is 0 Å². The number of benzene rings is 1. The lowest BCUT2D eigenvalue weighted by Crippen LogP contribution is -2.27. The maximum atomic E-state index is 13.5. The number of rotatable bonds is 4. The number of hydrogen-bond acceptors (Lipinski definition) is 3. The molecule has 20 heavy (non-hydrogen) atoms. The zero-order chi connectivity index (χ0) is 14.9. The highest BCUT2D eigenvalue weighted by Crippen LogP contribution is 2.23. The first-order chi connectivity index (χ1) is 9.33. The van der Waals surface area contributed by atoms with E-state index in [-0.39, 0.29) is 0 Å². The van der Waals surface area contributed by atoms with Gasteiger partial charge in [-0.15, -0.1) is 11.3 Å². The topological polar surface area (TPSA) is 46.2 Å². The van der Waals surface area contributed by atoms with Gasteiger partial charge in [-0.3, -0.25) is 0 Å². The molecule has 1 aromatic heterocycles. The van der Waals surface area contributed by atoms with Crippen molar-refractivity contribution in [3.63, 3.8) is 0 Å². The van der Waals surface area contributed by atoms with Crippen LogP contribution in [0, 0.1) is 17.5 Å². The van der Waals surface area contributed by atoms with Crippen LogP contribution in [-0.2, 0) is 10.0 Å². The summed E-state index contributed by atoms with van der Waals surface area (Å²) < 4.78 is 65.6. The fourth-order valence-electron chi connectivity index (χ4n) is 1.61. The normalized spacial score (nSPS) is 13.4. The Bertz CT molecular complexity index is 715. The molecular weight excluding hydrogens is 311 g/mol. The van der Waals surface area contributed by atoms with Crippen LogP contribution >= 0.6 is 11.3 Å². The van der Waals surface area contributed by atoms with Crippen LogP contribution in [0.4, 0.5) is 13.2 Å².